The van der Waals surface area contributed by atoms with Crippen molar-refractivity contribution in [2.45, 2.75) is 45.1 Å². The van der Waals surface area contributed by atoms with Gasteiger partial charge in [-0.1, -0.05) is 0 Å². The summed E-state index contributed by atoms with van der Waals surface area (Å²) in [5.41, 5.74) is 3.52. The Morgan fingerprint density at radius 1 is 1.06 bits per heavy atom. The van der Waals surface area contributed by atoms with Crippen molar-refractivity contribution in [3.8, 4) is 5.75 Å². The van der Waals surface area contributed by atoms with Crippen molar-refractivity contribution in [3.05, 3.63) is 48.3 Å². The molecule has 7 heteroatoms. The monoisotopic (exact) mass is 422 g/mol. The molecule has 0 spiro atoms. The van der Waals surface area contributed by atoms with Crippen molar-refractivity contribution in [2.75, 3.05) is 31.2 Å². The molecule has 2 fully saturated rings. The number of nitrogens with zero attached hydrogens (tertiary/aromatic N) is 5. The Morgan fingerprint density at radius 2 is 1.90 bits per heavy atom. The van der Waals surface area contributed by atoms with E-state index in [1.807, 2.05) is 6.07 Å². The van der Waals surface area contributed by atoms with Crippen LogP contribution < -0.4 is 9.64 Å². The maximum absolute atomic E-state index is 7.53. The van der Waals surface area contributed by atoms with E-state index < -0.39 is 6.85 Å². The van der Waals surface area contributed by atoms with Gasteiger partial charge in [-0.3, -0.25) is 4.98 Å². The van der Waals surface area contributed by atoms with Crippen LogP contribution in [0.2, 0.25) is 0 Å². The third kappa shape index (κ3) is 4.77. The van der Waals surface area contributed by atoms with E-state index in [9.17, 15) is 0 Å². The second kappa shape index (κ2) is 9.14. The van der Waals surface area contributed by atoms with Crippen molar-refractivity contribution >= 4 is 16.7 Å². The van der Waals surface area contributed by atoms with Gasteiger partial charge in [-0.25, -0.2) is 15.0 Å². The normalized spacial score (nSPS) is 23.7. The van der Waals surface area contributed by atoms with Crippen molar-refractivity contribution in [1.82, 2.24) is 19.9 Å². The number of benzene rings is 1. The molecule has 3 aromatic rings. The van der Waals surface area contributed by atoms with Gasteiger partial charge in [0, 0.05) is 53.2 Å². The quantitative estimate of drug-likeness (QED) is 0.620. The molecule has 1 aromatic carbocycles. The fraction of sp³-hybridized carbons (Fsp3) is 0.500. The van der Waals surface area contributed by atoms with Gasteiger partial charge in [-0.15, -0.1) is 0 Å². The van der Waals surface area contributed by atoms with E-state index in [-0.39, 0.29) is 11.9 Å². The topological polar surface area (TPSA) is 73.3 Å². The Balaban J connectivity index is 1.25. The first-order valence-corrected chi connectivity index (χ1v) is 11.0. The molecule has 0 N–H and O–H groups in total. The van der Waals surface area contributed by atoms with Gasteiger partial charge in [0.1, 0.15) is 17.1 Å². The Kier molecular flexibility index (Phi) is 4.96. The zero-order chi connectivity index (χ0) is 23.5. The van der Waals surface area contributed by atoms with Crippen molar-refractivity contribution in [3.63, 3.8) is 0 Å². The Bertz CT molecular complexity index is 1130. The molecule has 1 saturated heterocycles. The second-order valence-electron chi connectivity index (χ2n) is 8.30. The van der Waals surface area contributed by atoms with E-state index in [1.54, 1.807) is 18.6 Å². The van der Waals surface area contributed by atoms with E-state index in [4.69, 9.17) is 13.6 Å². The number of anilines is 1. The van der Waals surface area contributed by atoms with E-state index >= 15 is 0 Å². The second-order valence-corrected chi connectivity index (χ2v) is 8.30. The van der Waals surface area contributed by atoms with Gasteiger partial charge in [-0.2, -0.15) is 0 Å². The third-order valence-corrected chi connectivity index (χ3v) is 6.20. The Morgan fingerprint density at radius 3 is 2.74 bits per heavy atom. The first-order chi connectivity index (χ1) is 16.5. The van der Waals surface area contributed by atoms with Crippen LogP contribution in [0.15, 0.2) is 36.8 Å². The minimum Gasteiger partial charge on any atom is -0.488 e. The van der Waals surface area contributed by atoms with E-state index in [0.717, 1.165) is 86.6 Å². The van der Waals surface area contributed by atoms with Gasteiger partial charge < -0.3 is 14.4 Å². The average Bonchev–Trinajstić information content (AvgIpc) is 2.85. The minimum absolute atomic E-state index is 0.0739. The summed E-state index contributed by atoms with van der Waals surface area (Å²) in [5.74, 6) is 1.17. The number of hydrogen-bond donors (Lipinski definition) is 0. The summed E-state index contributed by atoms with van der Waals surface area (Å²) < 4.78 is 34.6. The number of aryl methyl sites for hydroxylation is 1. The predicted molar refractivity (Wildman–Crippen MR) is 119 cm³/mol. The lowest BCUT2D eigenvalue weighted by molar-refractivity contribution is 0.122. The van der Waals surface area contributed by atoms with Gasteiger partial charge in [0.15, 0.2) is 0 Å². The predicted octanol–water partition coefficient (Wildman–Crippen LogP) is 3.75. The van der Waals surface area contributed by atoms with Gasteiger partial charge >= 0.3 is 0 Å². The highest BCUT2D eigenvalue weighted by Crippen LogP contribution is 2.34. The molecule has 1 saturated carbocycles. The number of aromatic nitrogens is 4. The molecule has 2 aromatic heterocycles. The molecule has 2 aliphatic rings. The molecule has 1 aliphatic heterocycles. The molecule has 0 bridgehead atoms. The lowest BCUT2D eigenvalue weighted by atomic mass is 9.84. The summed E-state index contributed by atoms with van der Waals surface area (Å²) in [5, 5.41) is 0. The fourth-order valence-electron chi connectivity index (χ4n) is 4.56. The third-order valence-electron chi connectivity index (χ3n) is 6.20. The summed E-state index contributed by atoms with van der Waals surface area (Å²) in [4.78, 5) is 19.6. The molecule has 0 unspecified atom stereocenters. The van der Waals surface area contributed by atoms with Crippen molar-refractivity contribution < 1.29 is 13.6 Å². The van der Waals surface area contributed by atoms with Crippen LogP contribution in [0.1, 0.15) is 41.3 Å². The largest absolute Gasteiger partial charge is 0.488 e. The molecular formula is C24H29N5O2. The van der Waals surface area contributed by atoms with E-state index in [1.165, 1.54) is 0 Å². The fourth-order valence-corrected chi connectivity index (χ4v) is 4.56. The van der Waals surface area contributed by atoms with Gasteiger partial charge in [0.05, 0.1) is 24.8 Å². The highest BCUT2D eigenvalue weighted by molar-refractivity contribution is 5.85. The highest BCUT2D eigenvalue weighted by Gasteiger charge is 2.24. The molecule has 5 rings (SSSR count). The van der Waals surface area contributed by atoms with Crippen LogP contribution in [0.4, 0.5) is 5.69 Å². The maximum atomic E-state index is 7.53. The summed E-state index contributed by atoms with van der Waals surface area (Å²) >= 11 is 0. The average molecular weight is 423 g/mol. The first kappa shape index (κ1) is 16.8. The summed E-state index contributed by atoms with van der Waals surface area (Å²) in [6.45, 7) is 0.867. The first-order valence-electron chi connectivity index (χ1n) is 12.5. The van der Waals surface area contributed by atoms with Crippen LogP contribution in [0.5, 0.6) is 5.75 Å². The zero-order valence-corrected chi connectivity index (χ0v) is 17.5. The van der Waals surface area contributed by atoms with E-state index in [2.05, 4.69) is 37.0 Å². The lowest BCUT2D eigenvalue weighted by Gasteiger charge is -2.31. The van der Waals surface area contributed by atoms with Gasteiger partial charge in [0.25, 0.3) is 0 Å². The molecule has 0 radical (unpaired) electrons. The number of rotatable bonds is 5. The molecule has 3 heterocycles. The molecule has 7 nitrogen and oxygen atoms in total. The van der Waals surface area contributed by atoms with Gasteiger partial charge in [-0.05, 0) is 57.0 Å². The van der Waals surface area contributed by atoms with Crippen molar-refractivity contribution in [2.24, 2.45) is 5.92 Å². The molecule has 1 aliphatic carbocycles. The van der Waals surface area contributed by atoms with Crippen LogP contribution in [0.25, 0.3) is 11.0 Å². The summed E-state index contributed by atoms with van der Waals surface area (Å²) in [6, 6.07) is 5.98. The van der Waals surface area contributed by atoms with Crippen LogP contribution in [-0.2, 0) is 11.2 Å². The molecule has 0 atom stereocenters. The number of hydrogen-bond acceptors (Lipinski definition) is 7. The SMILES string of the molecule is [2H]C([2H])([2H])c1nccc(CC2CCC(Oc3cc(N4CCOCC4)cc4nccnc34)CC2)n1. The smallest absolute Gasteiger partial charge is 0.149 e. The Hall–Kier alpha value is -2.80. The van der Waals surface area contributed by atoms with Crippen LogP contribution >= 0.6 is 0 Å². The molecule has 31 heavy (non-hydrogen) atoms. The number of fused-ring (bicyclic) bond motifs is 1. The maximum Gasteiger partial charge on any atom is 0.149 e. The molecular weight excluding hydrogens is 390 g/mol. The summed E-state index contributed by atoms with van der Waals surface area (Å²) in [7, 11) is 0. The highest BCUT2D eigenvalue weighted by atomic mass is 16.5. The van der Waals surface area contributed by atoms with Crippen LogP contribution in [0.3, 0.4) is 0 Å². The number of morpholine rings is 1. The summed E-state index contributed by atoms with van der Waals surface area (Å²) in [6.07, 6.45) is 9.73. The van der Waals surface area contributed by atoms with Gasteiger partial charge in [0.2, 0.25) is 0 Å². The number of ether oxygens (including phenoxy) is 2. The molecule has 0 amide bonds. The zero-order valence-electron chi connectivity index (χ0n) is 20.5. The van der Waals surface area contributed by atoms with E-state index in [0.29, 0.717) is 5.92 Å². The lowest BCUT2D eigenvalue weighted by Crippen LogP contribution is -2.36. The minimum atomic E-state index is -2.27. The van der Waals surface area contributed by atoms with Crippen LogP contribution in [-0.4, -0.2) is 52.3 Å². The Labute approximate surface area is 187 Å². The standard InChI is InChI=1S/C24H29N5O2/c1-17-25-7-6-19(28-17)14-18-2-4-21(5-3-18)31-23-16-20(29-10-12-30-13-11-29)15-22-24(23)27-9-8-26-22/h6-9,15-16,18,21H,2-5,10-14H2,1H3/i1D3. The molecule has 162 valence electrons. The van der Waals surface area contributed by atoms with Crippen LogP contribution in [0, 0.1) is 12.8 Å². The van der Waals surface area contributed by atoms with Crippen molar-refractivity contribution in [1.29, 1.82) is 0 Å².